The lowest BCUT2D eigenvalue weighted by atomic mass is 9.44. The van der Waals surface area contributed by atoms with Crippen molar-refractivity contribution >= 4 is 11.7 Å². The standard InChI is InChI=1S/C21H33NO3/c1-20-9-7-13(12-19(23)24)11-14(20)3-4-15-16-5-6-18(22-25)21(16,2)10-8-17(15)20/h13-17,25H,3-12H2,1-2H3,(H,23,24)/p-1/b22-18-/t13-,14+,15+,16+,17+,20+,21+/m1/s1. The Hall–Kier alpha value is -1.06. The average molecular weight is 346 g/mol. The normalized spacial score (nSPS) is 50.8. The number of fused-ring (bicyclic) bond motifs is 5. The first-order valence-corrected chi connectivity index (χ1v) is 10.3. The Morgan fingerprint density at radius 3 is 2.68 bits per heavy atom. The summed E-state index contributed by atoms with van der Waals surface area (Å²) in [6.07, 6.45) is 10.6. The molecule has 0 aromatic carbocycles. The number of oxime groups is 1. The van der Waals surface area contributed by atoms with Gasteiger partial charge in [0.25, 0.3) is 0 Å². The lowest BCUT2D eigenvalue weighted by Gasteiger charge is -2.60. The van der Waals surface area contributed by atoms with Gasteiger partial charge < -0.3 is 15.1 Å². The van der Waals surface area contributed by atoms with Crippen molar-refractivity contribution in [3.05, 3.63) is 0 Å². The molecule has 25 heavy (non-hydrogen) atoms. The van der Waals surface area contributed by atoms with E-state index in [1.807, 2.05) is 0 Å². The third-order valence-corrected chi connectivity index (χ3v) is 9.09. The summed E-state index contributed by atoms with van der Waals surface area (Å²) in [7, 11) is 0. The summed E-state index contributed by atoms with van der Waals surface area (Å²) in [6.45, 7) is 4.84. The van der Waals surface area contributed by atoms with Crippen LogP contribution in [0, 0.1) is 40.4 Å². The highest BCUT2D eigenvalue weighted by Gasteiger charge is 2.59. The molecule has 0 aromatic heterocycles. The zero-order valence-corrected chi connectivity index (χ0v) is 15.7. The molecule has 7 atom stereocenters. The Balaban J connectivity index is 1.55. The maximum Gasteiger partial charge on any atom is 0.0632 e. The first-order valence-electron chi connectivity index (χ1n) is 10.3. The summed E-state index contributed by atoms with van der Waals surface area (Å²) < 4.78 is 0. The minimum atomic E-state index is -0.877. The minimum absolute atomic E-state index is 0.116. The van der Waals surface area contributed by atoms with Crippen LogP contribution in [0.25, 0.3) is 0 Å². The molecule has 0 amide bonds. The number of aliphatic carboxylic acids is 1. The molecule has 4 saturated carbocycles. The first-order chi connectivity index (χ1) is 11.9. The van der Waals surface area contributed by atoms with E-state index >= 15 is 0 Å². The minimum Gasteiger partial charge on any atom is -0.550 e. The van der Waals surface area contributed by atoms with Gasteiger partial charge in [-0.3, -0.25) is 0 Å². The van der Waals surface area contributed by atoms with Crippen LogP contribution in [0.15, 0.2) is 5.16 Å². The van der Waals surface area contributed by atoms with Crippen molar-refractivity contribution in [1.82, 2.24) is 0 Å². The van der Waals surface area contributed by atoms with Crippen LogP contribution in [-0.4, -0.2) is 16.9 Å². The van der Waals surface area contributed by atoms with Crippen LogP contribution in [-0.2, 0) is 4.79 Å². The summed E-state index contributed by atoms with van der Waals surface area (Å²) in [5.41, 5.74) is 1.54. The van der Waals surface area contributed by atoms with Crippen LogP contribution in [0.1, 0.15) is 78.1 Å². The predicted molar refractivity (Wildman–Crippen MR) is 94.1 cm³/mol. The molecular weight excluding hydrogens is 314 g/mol. The fraction of sp³-hybridized carbons (Fsp3) is 0.905. The Morgan fingerprint density at radius 1 is 1.16 bits per heavy atom. The zero-order valence-electron chi connectivity index (χ0n) is 15.7. The van der Waals surface area contributed by atoms with E-state index in [0.717, 1.165) is 43.2 Å². The third kappa shape index (κ3) is 2.54. The highest BCUT2D eigenvalue weighted by Crippen LogP contribution is 2.66. The molecule has 4 rings (SSSR count). The van der Waals surface area contributed by atoms with Crippen LogP contribution in [0.4, 0.5) is 0 Å². The molecule has 0 saturated heterocycles. The first kappa shape index (κ1) is 17.4. The fourth-order valence-electron chi connectivity index (χ4n) is 7.72. The molecular formula is C21H32NO3-. The van der Waals surface area contributed by atoms with Gasteiger partial charge in [0.2, 0.25) is 0 Å². The highest BCUT2D eigenvalue weighted by molar-refractivity contribution is 5.91. The number of carboxylic acid groups (broad SMARTS) is 1. The molecule has 4 aliphatic carbocycles. The molecule has 0 heterocycles. The second-order valence-corrected chi connectivity index (χ2v) is 9.91. The van der Waals surface area contributed by atoms with Crippen LogP contribution < -0.4 is 5.11 Å². The van der Waals surface area contributed by atoms with E-state index in [2.05, 4.69) is 19.0 Å². The van der Waals surface area contributed by atoms with Crippen molar-refractivity contribution in [1.29, 1.82) is 0 Å². The van der Waals surface area contributed by atoms with Crippen LogP contribution in [0.5, 0.6) is 0 Å². The number of carbonyl (C=O) groups is 1. The molecule has 0 radical (unpaired) electrons. The van der Waals surface area contributed by atoms with Crippen LogP contribution in [0.3, 0.4) is 0 Å². The highest BCUT2D eigenvalue weighted by atomic mass is 16.4. The third-order valence-electron chi connectivity index (χ3n) is 9.09. The van der Waals surface area contributed by atoms with Crippen molar-refractivity contribution in [3.8, 4) is 0 Å². The number of hydrogen-bond acceptors (Lipinski definition) is 4. The Morgan fingerprint density at radius 2 is 1.96 bits per heavy atom. The molecule has 140 valence electrons. The largest absolute Gasteiger partial charge is 0.550 e. The maximum atomic E-state index is 11.0. The summed E-state index contributed by atoms with van der Waals surface area (Å²) in [6, 6.07) is 0. The zero-order chi connectivity index (χ0) is 17.8. The number of hydrogen-bond donors (Lipinski definition) is 1. The molecule has 0 unspecified atom stereocenters. The van der Waals surface area contributed by atoms with Gasteiger partial charge in [-0.1, -0.05) is 19.0 Å². The van der Waals surface area contributed by atoms with E-state index in [1.54, 1.807) is 0 Å². The van der Waals surface area contributed by atoms with Gasteiger partial charge in [0.15, 0.2) is 0 Å². The molecule has 1 N–H and O–H groups in total. The van der Waals surface area contributed by atoms with Crippen molar-refractivity contribution in [2.45, 2.75) is 78.1 Å². The SMILES string of the molecule is C[C@]12CC[C@@H](CC(=O)[O-])C[C@@H]1CC[C@@H]1[C@@H]2CC[C@]2(C)/C(=N\O)CC[C@@H]12. The molecule has 4 aliphatic rings. The number of carboxylic acids is 1. The summed E-state index contributed by atoms with van der Waals surface area (Å²) in [5, 5.41) is 24.1. The molecule has 4 fully saturated rings. The second kappa shape index (κ2) is 5.99. The quantitative estimate of drug-likeness (QED) is 0.613. The summed E-state index contributed by atoms with van der Waals surface area (Å²) in [4.78, 5) is 11.0. The van der Waals surface area contributed by atoms with E-state index in [-0.39, 0.29) is 11.8 Å². The fourth-order valence-corrected chi connectivity index (χ4v) is 7.72. The van der Waals surface area contributed by atoms with Gasteiger partial charge in [0.05, 0.1) is 5.71 Å². The summed E-state index contributed by atoms with van der Waals surface area (Å²) >= 11 is 0. The topological polar surface area (TPSA) is 72.7 Å². The van der Waals surface area contributed by atoms with Gasteiger partial charge in [0.1, 0.15) is 0 Å². The van der Waals surface area contributed by atoms with Crippen molar-refractivity contribution in [2.75, 3.05) is 0 Å². The predicted octanol–water partition coefficient (Wildman–Crippen LogP) is 3.62. The van der Waals surface area contributed by atoms with Crippen molar-refractivity contribution in [2.24, 2.45) is 45.6 Å². The Labute approximate surface area is 151 Å². The molecule has 0 aromatic rings. The summed E-state index contributed by atoms with van der Waals surface area (Å²) in [5.74, 6) is 2.34. The van der Waals surface area contributed by atoms with Crippen molar-refractivity contribution in [3.63, 3.8) is 0 Å². The van der Waals surface area contributed by atoms with E-state index in [0.29, 0.717) is 23.2 Å². The van der Waals surface area contributed by atoms with Gasteiger partial charge in [0, 0.05) is 11.4 Å². The lowest BCUT2D eigenvalue weighted by Crippen LogP contribution is -2.53. The second-order valence-electron chi connectivity index (χ2n) is 9.91. The smallest absolute Gasteiger partial charge is 0.0632 e. The Bertz CT molecular complexity index is 588. The average Bonchev–Trinajstić information content (AvgIpc) is 2.91. The van der Waals surface area contributed by atoms with E-state index in [9.17, 15) is 15.1 Å². The number of rotatable bonds is 2. The van der Waals surface area contributed by atoms with Gasteiger partial charge in [-0.25, -0.2) is 0 Å². The van der Waals surface area contributed by atoms with Gasteiger partial charge in [-0.2, -0.15) is 0 Å². The Kier molecular flexibility index (Phi) is 4.16. The molecule has 4 nitrogen and oxygen atoms in total. The van der Waals surface area contributed by atoms with Gasteiger partial charge in [-0.15, -0.1) is 0 Å². The van der Waals surface area contributed by atoms with Crippen LogP contribution in [0.2, 0.25) is 0 Å². The van der Waals surface area contributed by atoms with E-state index in [1.165, 1.54) is 32.1 Å². The molecule has 0 aliphatic heterocycles. The van der Waals surface area contributed by atoms with Crippen molar-refractivity contribution < 1.29 is 15.1 Å². The number of carbonyl (C=O) groups excluding carboxylic acids is 1. The van der Waals surface area contributed by atoms with E-state index in [4.69, 9.17) is 0 Å². The van der Waals surface area contributed by atoms with Gasteiger partial charge in [-0.05, 0) is 99.2 Å². The molecule has 0 bridgehead atoms. The van der Waals surface area contributed by atoms with Gasteiger partial charge >= 0.3 is 0 Å². The lowest BCUT2D eigenvalue weighted by molar-refractivity contribution is -0.307. The maximum absolute atomic E-state index is 11.0. The van der Waals surface area contributed by atoms with E-state index < -0.39 is 5.97 Å². The molecule has 4 heteroatoms. The number of nitrogens with zero attached hydrogens (tertiary/aromatic N) is 1. The monoisotopic (exact) mass is 346 g/mol. The van der Waals surface area contributed by atoms with Crippen LogP contribution >= 0.6 is 0 Å². The molecule has 0 spiro atoms.